The van der Waals surface area contributed by atoms with Crippen LogP contribution in [-0.2, 0) is 14.3 Å². The molecule has 36 heavy (non-hydrogen) atoms. The topological polar surface area (TPSA) is 108 Å². The van der Waals surface area contributed by atoms with E-state index in [1.807, 2.05) is 33.2 Å². The lowest BCUT2D eigenvalue weighted by Gasteiger charge is -2.27. The largest absolute Gasteiger partial charge is 0.871 e. The maximum Gasteiger partial charge on any atom is 0.337 e. The number of pyridine rings is 1. The molecule has 1 aliphatic heterocycles. The van der Waals surface area contributed by atoms with Crippen molar-refractivity contribution >= 4 is 29.1 Å². The van der Waals surface area contributed by atoms with Crippen LogP contribution in [0.5, 0.6) is 0 Å². The van der Waals surface area contributed by atoms with Crippen LogP contribution < -0.4 is 10.0 Å². The van der Waals surface area contributed by atoms with Crippen molar-refractivity contribution in [2.24, 2.45) is 0 Å². The summed E-state index contributed by atoms with van der Waals surface area (Å²) in [6.07, 6.45) is 2.39. The number of esters is 1. The van der Waals surface area contributed by atoms with E-state index in [1.54, 1.807) is 41.8 Å². The zero-order chi connectivity index (χ0) is 26.1. The van der Waals surface area contributed by atoms with Gasteiger partial charge in [0.25, 0.3) is 5.91 Å². The molecule has 0 aliphatic carbocycles. The molecule has 1 atom stereocenters. The molecule has 1 aromatic carbocycles. The standard InChI is InChI=1S/C27H30N4O5/c1-16-8-6-14-30-21(17(2)28-25(16)30)23(32)20-22(18-9-11-19(12-10-18)27(35)36-5)31(26(34)24(20)33)15-7-13-29(3)4/h6,8-12,14,22,32H,7,13,15H2,1-5H3. The molecular formula is C27H30N4O5. The quantitative estimate of drug-likeness (QED) is 0.224. The lowest BCUT2D eigenvalue weighted by Crippen LogP contribution is -3.05. The number of aryl methyl sites for hydroxylation is 2. The molecule has 1 fully saturated rings. The van der Waals surface area contributed by atoms with Gasteiger partial charge in [0.15, 0.2) is 0 Å². The molecule has 0 spiro atoms. The van der Waals surface area contributed by atoms with Crippen LogP contribution in [0, 0.1) is 13.8 Å². The number of hydrogen-bond acceptors (Lipinski definition) is 6. The third kappa shape index (κ3) is 4.37. The maximum atomic E-state index is 14.0. The molecule has 3 heterocycles. The Morgan fingerprint density at radius 1 is 1.14 bits per heavy atom. The van der Waals surface area contributed by atoms with Gasteiger partial charge in [-0.15, -0.1) is 0 Å². The normalized spacial score (nSPS) is 17.4. The number of amides is 1. The lowest BCUT2D eigenvalue weighted by atomic mass is 9.95. The first-order valence-electron chi connectivity index (χ1n) is 11.8. The molecule has 2 aromatic heterocycles. The number of likely N-dealkylation sites (tertiary alicyclic amines) is 1. The number of ether oxygens (including phenoxy) is 1. The first-order chi connectivity index (χ1) is 17.1. The van der Waals surface area contributed by atoms with Crippen LogP contribution in [0.4, 0.5) is 0 Å². The van der Waals surface area contributed by atoms with E-state index < -0.39 is 29.5 Å². The third-order valence-electron chi connectivity index (χ3n) is 6.49. The van der Waals surface area contributed by atoms with Crippen LogP contribution in [0.1, 0.15) is 45.3 Å². The average molecular weight is 491 g/mol. The average Bonchev–Trinajstić information content (AvgIpc) is 3.32. The van der Waals surface area contributed by atoms with E-state index in [1.165, 1.54) is 16.9 Å². The molecule has 0 radical (unpaired) electrons. The van der Waals surface area contributed by atoms with Gasteiger partial charge in [-0.1, -0.05) is 24.0 Å². The van der Waals surface area contributed by atoms with Gasteiger partial charge in [0, 0.05) is 24.7 Å². The third-order valence-corrected chi connectivity index (χ3v) is 6.49. The number of Topliss-reactive ketones (excluding diaryl/α,β-unsaturated/α-hetero) is 1. The van der Waals surface area contributed by atoms with Crippen molar-refractivity contribution in [2.75, 3.05) is 34.3 Å². The van der Waals surface area contributed by atoms with Crippen molar-refractivity contribution < 1.29 is 29.1 Å². The fourth-order valence-corrected chi connectivity index (χ4v) is 4.69. The van der Waals surface area contributed by atoms with Gasteiger partial charge < -0.3 is 24.0 Å². The van der Waals surface area contributed by atoms with E-state index in [2.05, 4.69) is 4.98 Å². The van der Waals surface area contributed by atoms with Crippen molar-refractivity contribution in [1.82, 2.24) is 14.3 Å². The van der Waals surface area contributed by atoms with E-state index in [-0.39, 0.29) is 11.3 Å². The van der Waals surface area contributed by atoms with Gasteiger partial charge in [0.2, 0.25) is 5.78 Å². The molecule has 3 aromatic rings. The first kappa shape index (κ1) is 25.1. The summed E-state index contributed by atoms with van der Waals surface area (Å²) >= 11 is 0. The van der Waals surface area contributed by atoms with E-state index in [0.717, 1.165) is 12.1 Å². The van der Waals surface area contributed by atoms with E-state index in [0.29, 0.717) is 35.4 Å². The van der Waals surface area contributed by atoms with Crippen LogP contribution >= 0.6 is 0 Å². The highest BCUT2D eigenvalue weighted by Gasteiger charge is 2.44. The molecule has 9 nitrogen and oxygen atoms in total. The molecule has 9 heteroatoms. The monoisotopic (exact) mass is 490 g/mol. The molecule has 4 rings (SSSR count). The molecule has 1 unspecified atom stereocenters. The van der Waals surface area contributed by atoms with Crippen molar-refractivity contribution in [3.63, 3.8) is 0 Å². The van der Waals surface area contributed by atoms with E-state index >= 15 is 0 Å². The summed E-state index contributed by atoms with van der Waals surface area (Å²) in [6.45, 7) is 4.73. The highest BCUT2D eigenvalue weighted by molar-refractivity contribution is 6.46. The van der Waals surface area contributed by atoms with E-state index in [9.17, 15) is 19.5 Å². The number of carbonyl (C=O) groups excluding carboxylic acids is 3. The minimum absolute atomic E-state index is 0.102. The number of hydrogen-bond donors (Lipinski definition) is 1. The van der Waals surface area contributed by atoms with Gasteiger partial charge in [0.1, 0.15) is 5.65 Å². The van der Waals surface area contributed by atoms with Crippen LogP contribution in [0.15, 0.2) is 48.2 Å². The Kier molecular flexibility index (Phi) is 6.94. The minimum Gasteiger partial charge on any atom is -0.871 e. The van der Waals surface area contributed by atoms with Gasteiger partial charge in [0.05, 0.1) is 50.7 Å². The molecule has 1 saturated heterocycles. The number of methoxy groups -OCH3 is 1. The van der Waals surface area contributed by atoms with Gasteiger partial charge >= 0.3 is 5.97 Å². The summed E-state index contributed by atoms with van der Waals surface area (Å²) in [5.41, 5.74) is 3.07. The Bertz CT molecular complexity index is 1370. The van der Waals surface area contributed by atoms with Crippen molar-refractivity contribution in [3.05, 3.63) is 76.2 Å². The fourth-order valence-electron chi connectivity index (χ4n) is 4.69. The highest BCUT2D eigenvalue weighted by atomic mass is 16.5. The van der Waals surface area contributed by atoms with Gasteiger partial charge in [-0.25, -0.2) is 9.78 Å². The Hall–Kier alpha value is -3.98. The number of ketones is 1. The van der Waals surface area contributed by atoms with Crippen molar-refractivity contribution in [3.8, 4) is 0 Å². The van der Waals surface area contributed by atoms with Gasteiger partial charge in [-0.05, 0) is 43.2 Å². The van der Waals surface area contributed by atoms with Crippen molar-refractivity contribution in [1.29, 1.82) is 0 Å². The first-order valence-corrected chi connectivity index (χ1v) is 11.8. The Labute approximate surface area is 209 Å². The molecule has 0 saturated carbocycles. The summed E-state index contributed by atoms with van der Waals surface area (Å²) in [5.74, 6) is -2.52. The Balaban J connectivity index is 1.88. The SMILES string of the molecule is COC(=O)c1ccc(C2C(=C([O-])c3c(C)nc4c(C)cccn34)C(=O)C(=O)N2CCC[NH+](C)C)cc1. The summed E-state index contributed by atoms with van der Waals surface area (Å²) in [6, 6.07) is 9.30. The van der Waals surface area contributed by atoms with Crippen LogP contribution in [0.2, 0.25) is 0 Å². The molecular weight excluding hydrogens is 460 g/mol. The molecule has 188 valence electrons. The zero-order valence-corrected chi connectivity index (χ0v) is 21.1. The predicted molar refractivity (Wildman–Crippen MR) is 131 cm³/mol. The van der Waals surface area contributed by atoms with Crippen molar-refractivity contribution in [2.45, 2.75) is 26.3 Å². The Morgan fingerprint density at radius 2 is 1.83 bits per heavy atom. The Morgan fingerprint density at radius 3 is 2.47 bits per heavy atom. The number of nitrogens with one attached hydrogen (secondary N) is 1. The second kappa shape index (κ2) is 9.94. The maximum absolute atomic E-state index is 14.0. The summed E-state index contributed by atoms with van der Waals surface area (Å²) < 4.78 is 6.45. The lowest BCUT2D eigenvalue weighted by molar-refractivity contribution is -0.858. The fraction of sp³-hybridized carbons (Fsp3) is 0.333. The number of carbonyl (C=O) groups is 3. The molecule has 0 bridgehead atoms. The summed E-state index contributed by atoms with van der Waals surface area (Å²) in [7, 11) is 5.32. The van der Waals surface area contributed by atoms with Gasteiger partial charge in [-0.2, -0.15) is 0 Å². The zero-order valence-electron chi connectivity index (χ0n) is 21.1. The number of benzene rings is 1. The predicted octanol–water partition coefficient (Wildman–Crippen LogP) is 0.496. The summed E-state index contributed by atoms with van der Waals surface area (Å²) in [5, 5.41) is 14.0. The highest BCUT2D eigenvalue weighted by Crippen LogP contribution is 2.39. The number of fused-ring (bicyclic) bond motifs is 1. The smallest absolute Gasteiger partial charge is 0.337 e. The molecule has 1 aliphatic rings. The number of quaternary nitrogens is 1. The molecule has 1 amide bonds. The van der Waals surface area contributed by atoms with Gasteiger partial charge in [-0.3, -0.25) is 9.59 Å². The number of nitrogens with zero attached hydrogens (tertiary/aromatic N) is 3. The number of imidazole rings is 1. The van der Waals surface area contributed by atoms with Crippen LogP contribution in [-0.4, -0.2) is 66.2 Å². The molecule has 1 N–H and O–H groups in total. The second-order valence-corrected chi connectivity index (χ2v) is 9.33. The number of aromatic nitrogens is 2. The summed E-state index contributed by atoms with van der Waals surface area (Å²) in [4.78, 5) is 45.6. The van der Waals surface area contributed by atoms with Crippen LogP contribution in [0.25, 0.3) is 11.4 Å². The van der Waals surface area contributed by atoms with Crippen LogP contribution in [0.3, 0.4) is 0 Å². The van der Waals surface area contributed by atoms with E-state index in [4.69, 9.17) is 4.74 Å². The second-order valence-electron chi connectivity index (χ2n) is 9.33. The minimum atomic E-state index is -0.865. The number of rotatable bonds is 7.